The molecule has 0 heterocycles. The molecule has 0 spiro atoms. The maximum absolute atomic E-state index is 11.9. The van der Waals surface area contributed by atoms with Crippen LogP contribution in [-0.4, -0.2) is 23.0 Å². The molecule has 2 N–H and O–H groups in total. The Labute approximate surface area is 110 Å². The fraction of sp³-hybridized carbons (Fsp3) is 0.231. The molecule has 1 rings (SSSR count). The molecule has 4 nitrogen and oxygen atoms in total. The number of carboxylic acid groups (broad SMARTS) is 1. The van der Waals surface area contributed by atoms with Crippen molar-refractivity contribution in [2.45, 2.75) is 19.4 Å². The summed E-state index contributed by atoms with van der Waals surface area (Å²) in [5.41, 5.74) is 1.19. The predicted molar refractivity (Wildman–Crippen MR) is 69.9 cm³/mol. The summed E-state index contributed by atoms with van der Waals surface area (Å²) in [6.45, 7) is 5.30. The maximum atomic E-state index is 11.9. The van der Waals surface area contributed by atoms with Crippen molar-refractivity contribution in [3.8, 4) is 0 Å². The summed E-state index contributed by atoms with van der Waals surface area (Å²) in [4.78, 5) is 22.8. The number of carbonyl (C=O) groups is 2. The van der Waals surface area contributed by atoms with E-state index in [1.54, 1.807) is 18.2 Å². The zero-order valence-corrected chi connectivity index (χ0v) is 10.7. The van der Waals surface area contributed by atoms with Crippen LogP contribution < -0.4 is 5.32 Å². The number of halogens is 1. The van der Waals surface area contributed by atoms with Gasteiger partial charge in [-0.25, -0.2) is 4.79 Å². The van der Waals surface area contributed by atoms with E-state index in [1.165, 1.54) is 6.08 Å². The molecule has 0 aliphatic heterocycles. The Kier molecular flexibility index (Phi) is 4.92. The lowest BCUT2D eigenvalue weighted by molar-refractivity contribution is -0.139. The molecule has 96 valence electrons. The quantitative estimate of drug-likeness (QED) is 0.805. The van der Waals surface area contributed by atoms with E-state index >= 15 is 0 Å². The van der Waals surface area contributed by atoms with E-state index < -0.39 is 17.9 Å². The minimum atomic E-state index is -1.11. The van der Waals surface area contributed by atoms with Gasteiger partial charge in [-0.15, -0.1) is 6.58 Å². The highest BCUT2D eigenvalue weighted by atomic mass is 35.5. The van der Waals surface area contributed by atoms with Gasteiger partial charge in [0.05, 0.1) is 10.6 Å². The van der Waals surface area contributed by atoms with Crippen LogP contribution in [0.25, 0.3) is 0 Å². The van der Waals surface area contributed by atoms with Crippen LogP contribution in [0.1, 0.15) is 22.3 Å². The number of rotatable bonds is 5. The lowest BCUT2D eigenvalue weighted by Gasteiger charge is -2.13. The van der Waals surface area contributed by atoms with Crippen LogP contribution in [0, 0.1) is 6.92 Å². The molecule has 0 aromatic heterocycles. The second-order valence-corrected chi connectivity index (χ2v) is 4.28. The van der Waals surface area contributed by atoms with Crippen molar-refractivity contribution >= 4 is 23.5 Å². The van der Waals surface area contributed by atoms with Crippen LogP contribution >= 0.6 is 11.6 Å². The first-order chi connectivity index (χ1) is 8.45. The van der Waals surface area contributed by atoms with Crippen molar-refractivity contribution in [3.05, 3.63) is 47.0 Å². The second-order valence-electron chi connectivity index (χ2n) is 3.87. The van der Waals surface area contributed by atoms with Crippen LogP contribution in [0.4, 0.5) is 0 Å². The van der Waals surface area contributed by atoms with Crippen LogP contribution in [0.15, 0.2) is 30.9 Å². The minimum Gasteiger partial charge on any atom is -0.480 e. The van der Waals surface area contributed by atoms with Gasteiger partial charge in [-0.2, -0.15) is 0 Å². The normalized spacial score (nSPS) is 11.7. The molecule has 1 aromatic carbocycles. The zero-order valence-electron chi connectivity index (χ0n) is 9.94. The van der Waals surface area contributed by atoms with Gasteiger partial charge in [-0.3, -0.25) is 4.79 Å². The first-order valence-electron chi connectivity index (χ1n) is 5.36. The van der Waals surface area contributed by atoms with Gasteiger partial charge in [0, 0.05) is 0 Å². The van der Waals surface area contributed by atoms with Gasteiger partial charge >= 0.3 is 5.97 Å². The summed E-state index contributed by atoms with van der Waals surface area (Å²) in [6, 6.07) is 3.97. The lowest BCUT2D eigenvalue weighted by Crippen LogP contribution is -2.40. The smallest absolute Gasteiger partial charge is 0.326 e. The van der Waals surface area contributed by atoms with Gasteiger partial charge < -0.3 is 10.4 Å². The van der Waals surface area contributed by atoms with Crippen molar-refractivity contribution in [1.82, 2.24) is 5.32 Å². The van der Waals surface area contributed by atoms with E-state index in [9.17, 15) is 9.59 Å². The van der Waals surface area contributed by atoms with Gasteiger partial charge in [0.1, 0.15) is 6.04 Å². The van der Waals surface area contributed by atoms with E-state index in [1.807, 2.05) is 6.92 Å². The maximum Gasteiger partial charge on any atom is 0.326 e. The molecule has 1 atom stereocenters. The Bertz CT molecular complexity index is 485. The highest BCUT2D eigenvalue weighted by Gasteiger charge is 2.20. The number of hydrogen-bond acceptors (Lipinski definition) is 2. The SMILES string of the molecule is C=CCC(NC(=O)c1ccc(C)cc1Cl)C(=O)O. The zero-order chi connectivity index (χ0) is 13.7. The van der Waals surface area contributed by atoms with Gasteiger partial charge in [-0.1, -0.05) is 23.7 Å². The molecule has 1 amide bonds. The molecule has 0 saturated heterocycles. The van der Waals surface area contributed by atoms with E-state index in [2.05, 4.69) is 11.9 Å². The van der Waals surface area contributed by atoms with Crippen LogP contribution in [0.5, 0.6) is 0 Å². The van der Waals surface area contributed by atoms with Gasteiger partial charge in [-0.05, 0) is 31.0 Å². The fourth-order valence-corrected chi connectivity index (χ4v) is 1.75. The summed E-state index contributed by atoms with van der Waals surface area (Å²) in [5.74, 6) is -1.61. The number of aryl methyl sites for hydroxylation is 1. The first kappa shape index (κ1) is 14.3. The Morgan fingerprint density at radius 2 is 2.22 bits per heavy atom. The Morgan fingerprint density at radius 3 is 2.72 bits per heavy atom. The van der Waals surface area contributed by atoms with Gasteiger partial charge in [0.25, 0.3) is 5.91 Å². The van der Waals surface area contributed by atoms with Gasteiger partial charge in [0.15, 0.2) is 0 Å². The summed E-state index contributed by atoms with van der Waals surface area (Å²) < 4.78 is 0. The summed E-state index contributed by atoms with van der Waals surface area (Å²) in [5, 5.41) is 11.6. The molecule has 18 heavy (non-hydrogen) atoms. The summed E-state index contributed by atoms with van der Waals surface area (Å²) >= 11 is 5.94. The standard InChI is InChI=1S/C13H14ClNO3/c1-3-4-11(13(17)18)15-12(16)9-6-5-8(2)7-10(9)14/h3,5-7,11H,1,4H2,2H3,(H,15,16)(H,17,18). The predicted octanol–water partition coefficient (Wildman–Crippen LogP) is 2.41. The highest BCUT2D eigenvalue weighted by molar-refractivity contribution is 6.33. The third kappa shape index (κ3) is 3.60. The Balaban J connectivity index is 2.86. The van der Waals surface area contributed by atoms with Crippen molar-refractivity contribution < 1.29 is 14.7 Å². The molecule has 1 unspecified atom stereocenters. The number of carboxylic acids is 1. The molecular formula is C13H14ClNO3. The van der Waals surface area contributed by atoms with Crippen molar-refractivity contribution in [3.63, 3.8) is 0 Å². The fourth-order valence-electron chi connectivity index (χ4n) is 1.43. The number of aliphatic carboxylic acids is 1. The molecule has 5 heteroatoms. The molecule has 0 bridgehead atoms. The average molecular weight is 268 g/mol. The minimum absolute atomic E-state index is 0.157. The molecule has 1 aromatic rings. The molecule has 0 radical (unpaired) electrons. The van der Waals surface area contributed by atoms with E-state index in [0.29, 0.717) is 5.02 Å². The van der Waals surface area contributed by atoms with Crippen LogP contribution in [0.3, 0.4) is 0 Å². The van der Waals surface area contributed by atoms with Crippen molar-refractivity contribution in [1.29, 1.82) is 0 Å². The number of benzene rings is 1. The number of amides is 1. The van der Waals surface area contributed by atoms with E-state index in [4.69, 9.17) is 16.7 Å². The van der Waals surface area contributed by atoms with Crippen LogP contribution in [0.2, 0.25) is 5.02 Å². The molecule has 0 aliphatic rings. The van der Waals surface area contributed by atoms with Crippen molar-refractivity contribution in [2.75, 3.05) is 0 Å². The summed E-state index contributed by atoms with van der Waals surface area (Å²) in [6.07, 6.45) is 1.60. The topological polar surface area (TPSA) is 66.4 Å². The number of nitrogens with one attached hydrogen (secondary N) is 1. The van der Waals surface area contributed by atoms with Crippen molar-refractivity contribution in [2.24, 2.45) is 0 Å². The molecule has 0 aliphatic carbocycles. The Hall–Kier alpha value is -1.81. The lowest BCUT2D eigenvalue weighted by atomic mass is 10.1. The van der Waals surface area contributed by atoms with Crippen LogP contribution in [-0.2, 0) is 4.79 Å². The first-order valence-corrected chi connectivity index (χ1v) is 5.74. The third-order valence-corrected chi connectivity index (χ3v) is 2.69. The highest BCUT2D eigenvalue weighted by Crippen LogP contribution is 2.17. The third-order valence-electron chi connectivity index (χ3n) is 2.38. The second kappa shape index (κ2) is 6.21. The monoisotopic (exact) mass is 267 g/mol. The largest absolute Gasteiger partial charge is 0.480 e. The molecular weight excluding hydrogens is 254 g/mol. The number of carbonyl (C=O) groups excluding carboxylic acids is 1. The van der Waals surface area contributed by atoms with E-state index in [-0.39, 0.29) is 12.0 Å². The van der Waals surface area contributed by atoms with E-state index in [0.717, 1.165) is 5.56 Å². The summed E-state index contributed by atoms with van der Waals surface area (Å²) in [7, 11) is 0. The Morgan fingerprint density at radius 1 is 1.56 bits per heavy atom. The van der Waals surface area contributed by atoms with Gasteiger partial charge in [0.2, 0.25) is 0 Å². The average Bonchev–Trinajstić information content (AvgIpc) is 2.27. The molecule has 0 saturated carbocycles. The number of hydrogen-bond donors (Lipinski definition) is 2. The molecule has 0 fully saturated rings.